The standard InChI is InChI=1S/C50H36N2O/c1-33-38(34-14-3-2-4-15-34)21-13-24-46(33)52-47-23-11-9-20-43(47)44-32-37(30-31-48(44)52)40-17-6-8-19-42(40)41-18-7-5-16-39(41)35-26-28-36(29-27-35)50-51-45-22-10-12-25-49(45)53-50/h2-10,12-22,24-32H,11,23H2,1H3. The van der Waals surface area contributed by atoms with Crippen molar-refractivity contribution >= 4 is 28.1 Å². The number of fused-ring (bicyclic) bond motifs is 4. The van der Waals surface area contributed by atoms with E-state index in [4.69, 9.17) is 9.40 Å². The van der Waals surface area contributed by atoms with Gasteiger partial charge >= 0.3 is 0 Å². The molecule has 10 rings (SSSR count). The maximum atomic E-state index is 6.06. The molecule has 1 aliphatic rings. The summed E-state index contributed by atoms with van der Waals surface area (Å²) in [5, 5.41) is 1.29. The van der Waals surface area contributed by atoms with E-state index in [1.807, 2.05) is 24.3 Å². The third-order valence-corrected chi connectivity index (χ3v) is 10.8. The van der Waals surface area contributed by atoms with Crippen LogP contribution in [0.25, 0.3) is 89.7 Å². The van der Waals surface area contributed by atoms with Gasteiger partial charge in [-0.1, -0.05) is 133 Å². The zero-order valence-corrected chi connectivity index (χ0v) is 29.5. The van der Waals surface area contributed by atoms with Crippen LogP contribution < -0.4 is 0 Å². The topological polar surface area (TPSA) is 31.0 Å². The first-order chi connectivity index (χ1) is 26.2. The highest BCUT2D eigenvalue weighted by molar-refractivity contribution is 5.99. The molecule has 9 aromatic rings. The zero-order valence-electron chi connectivity index (χ0n) is 29.5. The maximum absolute atomic E-state index is 6.06. The third-order valence-electron chi connectivity index (χ3n) is 10.8. The minimum absolute atomic E-state index is 0.636. The van der Waals surface area contributed by atoms with Crippen molar-refractivity contribution in [2.24, 2.45) is 0 Å². The molecule has 0 spiro atoms. The highest BCUT2D eigenvalue weighted by Gasteiger charge is 2.22. The number of rotatable bonds is 6. The Bertz CT molecular complexity index is 2800. The molecule has 0 amide bonds. The Kier molecular flexibility index (Phi) is 7.51. The minimum Gasteiger partial charge on any atom is -0.436 e. The first kappa shape index (κ1) is 31.1. The predicted octanol–water partition coefficient (Wildman–Crippen LogP) is 13.4. The van der Waals surface area contributed by atoms with Gasteiger partial charge < -0.3 is 8.98 Å². The van der Waals surface area contributed by atoms with Crippen LogP contribution in [0.5, 0.6) is 0 Å². The predicted molar refractivity (Wildman–Crippen MR) is 220 cm³/mol. The van der Waals surface area contributed by atoms with Gasteiger partial charge in [-0.2, -0.15) is 0 Å². The number of allylic oxidation sites excluding steroid dienone is 1. The van der Waals surface area contributed by atoms with Gasteiger partial charge in [0.1, 0.15) is 5.52 Å². The Balaban J connectivity index is 1.07. The van der Waals surface area contributed by atoms with Crippen molar-refractivity contribution in [2.45, 2.75) is 19.8 Å². The van der Waals surface area contributed by atoms with E-state index in [0.717, 1.165) is 35.1 Å². The van der Waals surface area contributed by atoms with Crippen LogP contribution in [0.2, 0.25) is 0 Å². The molecular weight excluding hydrogens is 645 g/mol. The Morgan fingerprint density at radius 2 is 1.17 bits per heavy atom. The van der Waals surface area contributed by atoms with Gasteiger partial charge in [-0.05, 0) is 112 Å². The van der Waals surface area contributed by atoms with Gasteiger partial charge in [-0.3, -0.25) is 0 Å². The summed E-state index contributed by atoms with van der Waals surface area (Å²) in [5.41, 5.74) is 18.8. The molecule has 0 N–H and O–H groups in total. The fourth-order valence-electron chi connectivity index (χ4n) is 8.19. The molecule has 2 aromatic heterocycles. The molecular formula is C50H36N2O. The van der Waals surface area contributed by atoms with Crippen molar-refractivity contribution in [3.05, 3.63) is 187 Å². The largest absolute Gasteiger partial charge is 0.436 e. The first-order valence-corrected chi connectivity index (χ1v) is 18.4. The summed E-state index contributed by atoms with van der Waals surface area (Å²) in [7, 11) is 0. The summed E-state index contributed by atoms with van der Waals surface area (Å²) in [6.45, 7) is 2.26. The molecule has 0 fully saturated rings. The smallest absolute Gasteiger partial charge is 0.227 e. The van der Waals surface area contributed by atoms with E-state index < -0.39 is 0 Å². The fraction of sp³-hybridized carbons (Fsp3) is 0.0600. The average molecular weight is 681 g/mol. The van der Waals surface area contributed by atoms with Gasteiger partial charge in [-0.15, -0.1) is 0 Å². The number of benzene rings is 7. The van der Waals surface area contributed by atoms with E-state index in [0.29, 0.717) is 5.89 Å². The van der Waals surface area contributed by atoms with Crippen molar-refractivity contribution < 1.29 is 4.42 Å². The van der Waals surface area contributed by atoms with E-state index in [9.17, 15) is 0 Å². The lowest BCUT2D eigenvalue weighted by atomic mass is 9.88. The Morgan fingerprint density at radius 3 is 1.94 bits per heavy atom. The van der Waals surface area contributed by atoms with Crippen LogP contribution in [0.3, 0.4) is 0 Å². The van der Waals surface area contributed by atoms with Crippen molar-refractivity contribution in [1.29, 1.82) is 0 Å². The Hall–Kier alpha value is -6.71. The number of para-hydroxylation sites is 2. The lowest BCUT2D eigenvalue weighted by molar-refractivity contribution is 0.620. The van der Waals surface area contributed by atoms with Crippen LogP contribution in [0.15, 0.2) is 174 Å². The molecule has 0 aliphatic heterocycles. The molecule has 7 aromatic carbocycles. The molecule has 0 atom stereocenters. The van der Waals surface area contributed by atoms with Crippen LogP contribution in [0.1, 0.15) is 23.2 Å². The van der Waals surface area contributed by atoms with Gasteiger partial charge in [0.2, 0.25) is 5.89 Å². The van der Waals surface area contributed by atoms with Crippen LogP contribution >= 0.6 is 0 Å². The average Bonchev–Trinajstić information content (AvgIpc) is 3.81. The number of oxazole rings is 1. The quantitative estimate of drug-likeness (QED) is 0.175. The van der Waals surface area contributed by atoms with E-state index in [1.165, 1.54) is 72.4 Å². The van der Waals surface area contributed by atoms with Gasteiger partial charge in [0, 0.05) is 27.9 Å². The van der Waals surface area contributed by atoms with E-state index in [2.05, 4.69) is 163 Å². The Labute approximate surface area is 309 Å². The molecule has 53 heavy (non-hydrogen) atoms. The molecule has 0 bridgehead atoms. The molecule has 0 unspecified atom stereocenters. The van der Waals surface area contributed by atoms with Gasteiger partial charge in [-0.25, -0.2) is 4.98 Å². The molecule has 2 heterocycles. The number of nitrogens with zero attached hydrogens (tertiary/aromatic N) is 2. The van der Waals surface area contributed by atoms with Crippen molar-refractivity contribution in [3.8, 4) is 61.6 Å². The molecule has 3 heteroatoms. The van der Waals surface area contributed by atoms with Crippen molar-refractivity contribution in [2.75, 3.05) is 0 Å². The van der Waals surface area contributed by atoms with Crippen LogP contribution in [0, 0.1) is 6.92 Å². The van der Waals surface area contributed by atoms with E-state index in [-0.39, 0.29) is 0 Å². The number of hydrogen-bond donors (Lipinski definition) is 0. The molecule has 3 nitrogen and oxygen atoms in total. The van der Waals surface area contributed by atoms with Gasteiger partial charge in [0.15, 0.2) is 5.58 Å². The van der Waals surface area contributed by atoms with Crippen molar-refractivity contribution in [1.82, 2.24) is 9.55 Å². The summed E-state index contributed by atoms with van der Waals surface area (Å²) < 4.78 is 8.58. The second kappa shape index (κ2) is 12.8. The summed E-state index contributed by atoms with van der Waals surface area (Å²) in [4.78, 5) is 4.71. The number of aromatic nitrogens is 2. The molecule has 0 saturated heterocycles. The van der Waals surface area contributed by atoms with Gasteiger partial charge in [0.05, 0.1) is 5.52 Å². The van der Waals surface area contributed by atoms with Crippen LogP contribution in [0.4, 0.5) is 0 Å². The zero-order chi connectivity index (χ0) is 35.3. The van der Waals surface area contributed by atoms with E-state index in [1.54, 1.807) is 0 Å². The summed E-state index contributed by atoms with van der Waals surface area (Å²) in [5.74, 6) is 0.636. The normalized spacial score (nSPS) is 12.4. The monoisotopic (exact) mass is 680 g/mol. The first-order valence-electron chi connectivity index (χ1n) is 18.4. The second-order valence-electron chi connectivity index (χ2n) is 13.8. The SMILES string of the molecule is Cc1c(-c2ccccc2)cccc1-n1c2c(c3cc(-c4ccccc4-c4ccccc4-c4ccc(-c5nc6ccccc6o5)cc4)ccc31)C=CCC2. The Morgan fingerprint density at radius 1 is 0.547 bits per heavy atom. The van der Waals surface area contributed by atoms with E-state index >= 15 is 0 Å². The van der Waals surface area contributed by atoms with Crippen LogP contribution in [-0.4, -0.2) is 9.55 Å². The second-order valence-corrected chi connectivity index (χ2v) is 13.8. The summed E-state index contributed by atoms with van der Waals surface area (Å²) in [6.07, 6.45) is 6.72. The number of hydrogen-bond acceptors (Lipinski definition) is 2. The molecule has 252 valence electrons. The molecule has 0 radical (unpaired) electrons. The summed E-state index contributed by atoms with van der Waals surface area (Å²) >= 11 is 0. The lowest BCUT2D eigenvalue weighted by Gasteiger charge is -2.18. The highest BCUT2D eigenvalue weighted by atomic mass is 16.3. The third kappa shape index (κ3) is 5.32. The molecule has 0 saturated carbocycles. The van der Waals surface area contributed by atoms with Crippen molar-refractivity contribution in [3.63, 3.8) is 0 Å². The van der Waals surface area contributed by atoms with Gasteiger partial charge in [0.25, 0.3) is 0 Å². The van der Waals surface area contributed by atoms with Crippen LogP contribution in [-0.2, 0) is 6.42 Å². The molecule has 1 aliphatic carbocycles. The minimum atomic E-state index is 0.636. The summed E-state index contributed by atoms with van der Waals surface area (Å²) in [6, 6.07) is 58.5. The lowest BCUT2D eigenvalue weighted by Crippen LogP contribution is -2.05. The fourth-order valence-corrected chi connectivity index (χ4v) is 8.19. The maximum Gasteiger partial charge on any atom is 0.227 e. The highest BCUT2D eigenvalue weighted by Crippen LogP contribution is 2.42.